The Kier molecular flexibility index (Phi) is 7.05. The SMILES string of the molecule is C[C@@H]1CCCCN1CCCNC(=O)c1ccc(-c2cc(-c3ccc(Cl)cc3)[nH]n2)cc1. The molecule has 2 aromatic carbocycles. The van der Waals surface area contributed by atoms with E-state index >= 15 is 0 Å². The summed E-state index contributed by atoms with van der Waals surface area (Å²) in [7, 11) is 0. The van der Waals surface area contributed by atoms with Gasteiger partial charge in [0.1, 0.15) is 0 Å². The highest BCUT2D eigenvalue weighted by Crippen LogP contribution is 2.25. The van der Waals surface area contributed by atoms with Gasteiger partial charge in [0.25, 0.3) is 5.91 Å². The Morgan fingerprint density at radius 3 is 2.61 bits per heavy atom. The minimum absolute atomic E-state index is 0.0258. The van der Waals surface area contributed by atoms with Gasteiger partial charge in [-0.3, -0.25) is 9.89 Å². The molecule has 3 aromatic rings. The van der Waals surface area contributed by atoms with E-state index in [4.69, 9.17) is 11.6 Å². The van der Waals surface area contributed by atoms with E-state index in [1.165, 1.54) is 25.8 Å². The highest BCUT2D eigenvalue weighted by molar-refractivity contribution is 6.30. The van der Waals surface area contributed by atoms with Crippen LogP contribution in [0, 0.1) is 0 Å². The maximum absolute atomic E-state index is 12.5. The third-order valence-electron chi connectivity index (χ3n) is 6.02. The number of amides is 1. The summed E-state index contributed by atoms with van der Waals surface area (Å²) >= 11 is 5.96. The summed E-state index contributed by atoms with van der Waals surface area (Å²) in [5.74, 6) is -0.0258. The quantitative estimate of drug-likeness (QED) is 0.488. The Morgan fingerprint density at radius 2 is 1.87 bits per heavy atom. The lowest BCUT2D eigenvalue weighted by Crippen LogP contribution is -2.39. The molecule has 1 amide bonds. The Morgan fingerprint density at radius 1 is 1.13 bits per heavy atom. The highest BCUT2D eigenvalue weighted by Gasteiger charge is 2.17. The standard InChI is InChI=1S/C25H29ClN4O/c1-18-5-2-3-15-30(18)16-4-14-27-25(31)21-8-6-19(7-9-21)23-17-24(29-28-23)20-10-12-22(26)13-11-20/h6-13,17-18H,2-5,14-16H2,1H3,(H,27,31)(H,28,29)/t18-/m1/s1. The minimum Gasteiger partial charge on any atom is -0.352 e. The molecule has 0 unspecified atom stereocenters. The minimum atomic E-state index is -0.0258. The predicted octanol–water partition coefficient (Wildman–Crippen LogP) is 5.39. The van der Waals surface area contributed by atoms with E-state index in [1.807, 2.05) is 54.6 Å². The molecule has 162 valence electrons. The zero-order valence-electron chi connectivity index (χ0n) is 17.9. The van der Waals surface area contributed by atoms with Crippen LogP contribution in [0.5, 0.6) is 0 Å². The summed E-state index contributed by atoms with van der Waals surface area (Å²) in [6, 6.07) is 17.9. The molecule has 0 saturated carbocycles. The molecule has 0 spiro atoms. The van der Waals surface area contributed by atoms with Crippen LogP contribution >= 0.6 is 11.6 Å². The van der Waals surface area contributed by atoms with Gasteiger partial charge in [0.05, 0.1) is 11.4 Å². The third-order valence-corrected chi connectivity index (χ3v) is 6.28. The number of nitrogens with zero attached hydrogens (tertiary/aromatic N) is 2. The molecule has 2 N–H and O–H groups in total. The summed E-state index contributed by atoms with van der Waals surface area (Å²) in [6.07, 6.45) is 4.90. The largest absolute Gasteiger partial charge is 0.352 e. The third kappa shape index (κ3) is 5.54. The smallest absolute Gasteiger partial charge is 0.251 e. The van der Waals surface area contributed by atoms with Gasteiger partial charge >= 0.3 is 0 Å². The first kappa shape index (κ1) is 21.6. The summed E-state index contributed by atoms with van der Waals surface area (Å²) in [4.78, 5) is 15.0. The van der Waals surface area contributed by atoms with Crippen LogP contribution in [-0.2, 0) is 0 Å². The van der Waals surface area contributed by atoms with Gasteiger partial charge < -0.3 is 10.2 Å². The summed E-state index contributed by atoms with van der Waals surface area (Å²) < 4.78 is 0. The Balaban J connectivity index is 1.29. The van der Waals surface area contributed by atoms with Crippen LogP contribution < -0.4 is 5.32 Å². The Hall–Kier alpha value is -2.63. The van der Waals surface area contributed by atoms with Crippen molar-refractivity contribution in [1.82, 2.24) is 20.4 Å². The Bertz CT molecular complexity index is 997. The number of aromatic amines is 1. The second-order valence-corrected chi connectivity index (χ2v) is 8.68. The molecule has 6 heteroatoms. The number of benzene rings is 2. The van der Waals surface area contributed by atoms with Crippen molar-refractivity contribution in [2.75, 3.05) is 19.6 Å². The molecular weight excluding hydrogens is 408 g/mol. The van der Waals surface area contributed by atoms with Crippen LogP contribution in [0.3, 0.4) is 0 Å². The predicted molar refractivity (Wildman–Crippen MR) is 126 cm³/mol. The number of piperidine rings is 1. The Labute approximate surface area is 188 Å². The zero-order chi connectivity index (χ0) is 21.6. The van der Waals surface area contributed by atoms with Crippen molar-refractivity contribution in [2.45, 2.75) is 38.6 Å². The second-order valence-electron chi connectivity index (χ2n) is 8.24. The normalized spacial score (nSPS) is 16.9. The number of halogens is 1. The van der Waals surface area contributed by atoms with Crippen molar-refractivity contribution in [3.05, 3.63) is 65.2 Å². The van der Waals surface area contributed by atoms with E-state index in [1.54, 1.807) is 0 Å². The van der Waals surface area contributed by atoms with Crippen molar-refractivity contribution in [3.8, 4) is 22.5 Å². The summed E-state index contributed by atoms with van der Waals surface area (Å²) in [5, 5.41) is 11.2. The van der Waals surface area contributed by atoms with Crippen molar-refractivity contribution in [3.63, 3.8) is 0 Å². The first-order valence-corrected chi connectivity index (χ1v) is 11.4. The fourth-order valence-electron chi connectivity index (χ4n) is 4.12. The molecule has 1 atom stereocenters. The molecule has 0 bridgehead atoms. The average molecular weight is 437 g/mol. The van der Waals surface area contributed by atoms with E-state index in [0.717, 1.165) is 35.5 Å². The fourth-order valence-corrected chi connectivity index (χ4v) is 4.24. The molecule has 2 heterocycles. The molecule has 0 radical (unpaired) electrons. The van der Waals surface area contributed by atoms with E-state index in [9.17, 15) is 4.79 Å². The average Bonchev–Trinajstić information content (AvgIpc) is 3.28. The van der Waals surface area contributed by atoms with Crippen molar-refractivity contribution < 1.29 is 4.79 Å². The van der Waals surface area contributed by atoms with Gasteiger partial charge in [-0.25, -0.2) is 0 Å². The molecular formula is C25H29ClN4O. The highest BCUT2D eigenvalue weighted by atomic mass is 35.5. The lowest BCUT2D eigenvalue weighted by atomic mass is 10.0. The van der Waals surface area contributed by atoms with Gasteiger partial charge in [-0.2, -0.15) is 5.10 Å². The van der Waals surface area contributed by atoms with Gasteiger partial charge in [-0.05, 0) is 68.6 Å². The summed E-state index contributed by atoms with van der Waals surface area (Å²) in [6.45, 7) is 5.24. The van der Waals surface area contributed by atoms with Crippen LogP contribution in [0.1, 0.15) is 43.0 Å². The van der Waals surface area contributed by atoms with E-state index in [2.05, 4.69) is 27.3 Å². The van der Waals surface area contributed by atoms with Gasteiger partial charge in [0.15, 0.2) is 0 Å². The first-order chi connectivity index (χ1) is 15.1. The van der Waals surface area contributed by atoms with Crippen LogP contribution in [0.25, 0.3) is 22.5 Å². The zero-order valence-corrected chi connectivity index (χ0v) is 18.7. The monoisotopic (exact) mass is 436 g/mol. The summed E-state index contributed by atoms with van der Waals surface area (Å²) in [5.41, 5.74) is 4.43. The number of hydrogen-bond donors (Lipinski definition) is 2. The molecule has 1 fully saturated rings. The van der Waals surface area contributed by atoms with Crippen LogP contribution in [-0.4, -0.2) is 46.7 Å². The number of rotatable bonds is 7. The van der Waals surface area contributed by atoms with Gasteiger partial charge in [0, 0.05) is 35.3 Å². The number of aromatic nitrogens is 2. The van der Waals surface area contributed by atoms with E-state index < -0.39 is 0 Å². The van der Waals surface area contributed by atoms with Gasteiger partial charge in [0.2, 0.25) is 0 Å². The van der Waals surface area contributed by atoms with E-state index in [0.29, 0.717) is 23.2 Å². The molecule has 1 aliphatic heterocycles. The molecule has 4 rings (SSSR count). The van der Waals surface area contributed by atoms with E-state index in [-0.39, 0.29) is 5.91 Å². The molecule has 0 aliphatic carbocycles. The van der Waals surface area contributed by atoms with Crippen LogP contribution in [0.4, 0.5) is 0 Å². The van der Waals surface area contributed by atoms with Crippen LogP contribution in [0.15, 0.2) is 54.6 Å². The number of H-pyrrole nitrogens is 1. The number of hydrogen-bond acceptors (Lipinski definition) is 3. The lowest BCUT2D eigenvalue weighted by Gasteiger charge is -2.33. The van der Waals surface area contributed by atoms with Crippen LogP contribution in [0.2, 0.25) is 5.02 Å². The fraction of sp³-hybridized carbons (Fsp3) is 0.360. The first-order valence-electron chi connectivity index (χ1n) is 11.0. The molecule has 1 aromatic heterocycles. The molecule has 1 aliphatic rings. The topological polar surface area (TPSA) is 61.0 Å². The molecule has 1 saturated heterocycles. The molecule has 31 heavy (non-hydrogen) atoms. The number of likely N-dealkylation sites (tertiary alicyclic amines) is 1. The molecule has 5 nitrogen and oxygen atoms in total. The van der Waals surface area contributed by atoms with Gasteiger partial charge in [-0.1, -0.05) is 42.3 Å². The second kappa shape index (κ2) is 10.1. The number of carbonyl (C=O) groups is 1. The van der Waals surface area contributed by atoms with Crippen molar-refractivity contribution in [1.29, 1.82) is 0 Å². The van der Waals surface area contributed by atoms with Gasteiger partial charge in [-0.15, -0.1) is 0 Å². The lowest BCUT2D eigenvalue weighted by molar-refractivity contribution is 0.0949. The van der Waals surface area contributed by atoms with Crippen molar-refractivity contribution >= 4 is 17.5 Å². The number of nitrogens with one attached hydrogen (secondary N) is 2. The maximum atomic E-state index is 12.5. The van der Waals surface area contributed by atoms with Crippen molar-refractivity contribution in [2.24, 2.45) is 0 Å². The number of carbonyl (C=O) groups excluding carboxylic acids is 1. The maximum Gasteiger partial charge on any atom is 0.251 e.